The number of anilines is 1. The van der Waals surface area contributed by atoms with Gasteiger partial charge in [-0.25, -0.2) is 4.68 Å². The zero-order valence-electron chi connectivity index (χ0n) is 17.3. The van der Waals surface area contributed by atoms with Crippen molar-refractivity contribution in [1.82, 2.24) is 25.5 Å². The molecule has 30 heavy (non-hydrogen) atoms. The molecule has 4 rings (SSSR count). The molecule has 1 saturated heterocycles. The highest BCUT2D eigenvalue weighted by Gasteiger charge is 2.35. The van der Waals surface area contributed by atoms with Crippen molar-refractivity contribution in [3.05, 3.63) is 30.1 Å². The second-order valence-corrected chi connectivity index (χ2v) is 7.88. The minimum Gasteiger partial charge on any atom is -0.494 e. The summed E-state index contributed by atoms with van der Waals surface area (Å²) >= 11 is 0. The van der Waals surface area contributed by atoms with Crippen molar-refractivity contribution in [2.24, 2.45) is 5.92 Å². The summed E-state index contributed by atoms with van der Waals surface area (Å²) in [7, 11) is 0. The van der Waals surface area contributed by atoms with Gasteiger partial charge < -0.3 is 15.0 Å². The van der Waals surface area contributed by atoms with Crippen LogP contribution in [0, 0.1) is 5.92 Å². The molecule has 0 bridgehead atoms. The second kappa shape index (κ2) is 9.23. The zero-order chi connectivity index (χ0) is 20.9. The predicted molar refractivity (Wildman–Crippen MR) is 110 cm³/mol. The highest BCUT2D eigenvalue weighted by Crippen LogP contribution is 2.29. The summed E-state index contributed by atoms with van der Waals surface area (Å²) in [4.78, 5) is 26.8. The molecule has 1 aliphatic heterocycles. The molecular formula is C21H28N6O3. The van der Waals surface area contributed by atoms with Crippen molar-refractivity contribution < 1.29 is 14.3 Å². The number of amides is 2. The Bertz CT molecular complexity index is 875. The maximum absolute atomic E-state index is 12.7. The third-order valence-corrected chi connectivity index (χ3v) is 5.86. The average molecular weight is 412 g/mol. The molecular weight excluding hydrogens is 384 g/mol. The number of benzene rings is 1. The van der Waals surface area contributed by atoms with E-state index in [1.807, 2.05) is 35.9 Å². The first-order valence-electron chi connectivity index (χ1n) is 10.7. The fraction of sp³-hybridized carbons (Fsp3) is 0.571. The van der Waals surface area contributed by atoms with Gasteiger partial charge in [-0.05, 0) is 54.5 Å². The predicted octanol–water partition coefficient (Wildman–Crippen LogP) is 2.25. The highest BCUT2D eigenvalue weighted by atomic mass is 16.5. The molecule has 2 heterocycles. The van der Waals surface area contributed by atoms with Crippen molar-refractivity contribution in [1.29, 1.82) is 0 Å². The van der Waals surface area contributed by atoms with E-state index in [2.05, 4.69) is 20.8 Å². The van der Waals surface area contributed by atoms with Gasteiger partial charge in [0.1, 0.15) is 5.75 Å². The van der Waals surface area contributed by atoms with Crippen LogP contribution in [0.5, 0.6) is 5.75 Å². The van der Waals surface area contributed by atoms with E-state index in [1.165, 1.54) is 19.3 Å². The van der Waals surface area contributed by atoms with Crippen LogP contribution < -0.4 is 15.0 Å². The van der Waals surface area contributed by atoms with E-state index in [0.717, 1.165) is 24.3 Å². The van der Waals surface area contributed by atoms with Gasteiger partial charge in [0.25, 0.3) is 0 Å². The Morgan fingerprint density at radius 3 is 2.70 bits per heavy atom. The van der Waals surface area contributed by atoms with E-state index in [9.17, 15) is 9.59 Å². The SMILES string of the molecule is CCOc1ccc(N2CC(C(=O)NCc3nnnn3C3CCCCC3)CC2=O)cc1. The van der Waals surface area contributed by atoms with Gasteiger partial charge in [-0.1, -0.05) is 19.3 Å². The smallest absolute Gasteiger partial charge is 0.227 e. The molecule has 160 valence electrons. The van der Waals surface area contributed by atoms with Crippen LogP contribution >= 0.6 is 0 Å². The summed E-state index contributed by atoms with van der Waals surface area (Å²) in [5.41, 5.74) is 0.778. The maximum Gasteiger partial charge on any atom is 0.227 e. The number of rotatable bonds is 7. The minimum absolute atomic E-state index is 0.0497. The molecule has 2 aromatic rings. The van der Waals surface area contributed by atoms with Crippen LogP contribution in [0.4, 0.5) is 5.69 Å². The van der Waals surface area contributed by atoms with Gasteiger partial charge in [-0.2, -0.15) is 0 Å². The van der Waals surface area contributed by atoms with Crippen molar-refractivity contribution in [2.45, 2.75) is 58.0 Å². The van der Waals surface area contributed by atoms with Crippen molar-refractivity contribution >= 4 is 17.5 Å². The first kappa shape index (κ1) is 20.3. The van der Waals surface area contributed by atoms with Crippen LogP contribution in [-0.2, 0) is 16.1 Å². The Kier molecular flexibility index (Phi) is 6.25. The quantitative estimate of drug-likeness (QED) is 0.748. The molecule has 1 aromatic carbocycles. The van der Waals surface area contributed by atoms with Crippen LogP contribution in [0.1, 0.15) is 57.3 Å². The third-order valence-electron chi connectivity index (χ3n) is 5.86. The van der Waals surface area contributed by atoms with E-state index in [-0.39, 0.29) is 30.7 Å². The third kappa shape index (κ3) is 4.44. The van der Waals surface area contributed by atoms with Gasteiger partial charge in [0.15, 0.2) is 5.82 Å². The number of aromatic nitrogens is 4. The lowest BCUT2D eigenvalue weighted by Crippen LogP contribution is -2.33. The minimum atomic E-state index is -0.386. The highest BCUT2D eigenvalue weighted by molar-refractivity contribution is 6.00. The lowest BCUT2D eigenvalue weighted by Gasteiger charge is -2.22. The Hall–Kier alpha value is -2.97. The normalized spacial score (nSPS) is 19.8. The largest absolute Gasteiger partial charge is 0.494 e. The number of carbonyl (C=O) groups excluding carboxylic acids is 2. The van der Waals surface area contributed by atoms with Crippen LogP contribution in [-0.4, -0.2) is 45.2 Å². The molecule has 2 aliphatic rings. The zero-order valence-corrected chi connectivity index (χ0v) is 17.3. The van der Waals surface area contributed by atoms with E-state index < -0.39 is 0 Å². The summed E-state index contributed by atoms with van der Waals surface area (Å²) in [6.45, 7) is 3.16. The van der Waals surface area contributed by atoms with E-state index >= 15 is 0 Å². The molecule has 0 spiro atoms. The molecule has 2 fully saturated rings. The Labute approximate surface area is 175 Å². The first-order chi connectivity index (χ1) is 14.7. The summed E-state index contributed by atoms with van der Waals surface area (Å²) in [6, 6.07) is 7.68. The van der Waals surface area contributed by atoms with E-state index in [4.69, 9.17) is 4.74 Å². The topological polar surface area (TPSA) is 102 Å². The number of nitrogens with zero attached hydrogens (tertiary/aromatic N) is 5. The second-order valence-electron chi connectivity index (χ2n) is 7.88. The number of carbonyl (C=O) groups is 2. The lowest BCUT2D eigenvalue weighted by molar-refractivity contribution is -0.126. The standard InChI is InChI=1S/C21H28N6O3/c1-2-30-18-10-8-16(9-11-18)26-14-15(12-20(26)28)21(29)22-13-19-23-24-25-27(19)17-6-4-3-5-7-17/h8-11,15,17H,2-7,12-14H2,1H3,(H,22,29). The number of hydrogen-bond acceptors (Lipinski definition) is 6. The lowest BCUT2D eigenvalue weighted by atomic mass is 9.95. The van der Waals surface area contributed by atoms with Gasteiger partial charge in [0, 0.05) is 18.7 Å². The van der Waals surface area contributed by atoms with Gasteiger partial charge in [-0.15, -0.1) is 5.10 Å². The summed E-state index contributed by atoms with van der Waals surface area (Å²) in [6.07, 6.45) is 5.96. The molecule has 9 heteroatoms. The fourth-order valence-corrected chi connectivity index (χ4v) is 4.27. The van der Waals surface area contributed by atoms with Gasteiger partial charge in [0.05, 0.1) is 25.1 Å². The van der Waals surface area contributed by atoms with Crippen LogP contribution in [0.15, 0.2) is 24.3 Å². The number of tetrazole rings is 1. The molecule has 1 unspecified atom stereocenters. The molecule has 0 radical (unpaired) electrons. The van der Waals surface area contributed by atoms with Crippen molar-refractivity contribution in [3.8, 4) is 5.75 Å². The Morgan fingerprint density at radius 2 is 1.97 bits per heavy atom. The van der Waals surface area contributed by atoms with Crippen molar-refractivity contribution in [2.75, 3.05) is 18.1 Å². The van der Waals surface area contributed by atoms with Gasteiger partial charge in [-0.3, -0.25) is 9.59 Å². The van der Waals surface area contributed by atoms with Gasteiger partial charge >= 0.3 is 0 Å². The van der Waals surface area contributed by atoms with Crippen molar-refractivity contribution in [3.63, 3.8) is 0 Å². The molecule has 9 nitrogen and oxygen atoms in total. The van der Waals surface area contributed by atoms with Crippen LogP contribution in [0.3, 0.4) is 0 Å². The van der Waals surface area contributed by atoms with Crippen LogP contribution in [0.2, 0.25) is 0 Å². The number of hydrogen-bond donors (Lipinski definition) is 1. The Balaban J connectivity index is 1.34. The molecule has 1 atom stereocenters. The molecule has 1 aromatic heterocycles. The van der Waals surface area contributed by atoms with E-state index in [1.54, 1.807) is 4.90 Å². The Morgan fingerprint density at radius 1 is 1.20 bits per heavy atom. The summed E-state index contributed by atoms with van der Waals surface area (Å²) in [5, 5.41) is 14.9. The monoisotopic (exact) mass is 412 g/mol. The maximum atomic E-state index is 12.7. The van der Waals surface area contributed by atoms with Gasteiger partial charge in [0.2, 0.25) is 11.8 Å². The average Bonchev–Trinajstić information content (AvgIpc) is 3.40. The van der Waals surface area contributed by atoms with Crippen LogP contribution in [0.25, 0.3) is 0 Å². The molecule has 1 saturated carbocycles. The number of ether oxygens (including phenoxy) is 1. The first-order valence-corrected chi connectivity index (χ1v) is 10.7. The fourth-order valence-electron chi connectivity index (χ4n) is 4.27. The molecule has 1 aliphatic carbocycles. The molecule has 2 amide bonds. The summed E-state index contributed by atoms with van der Waals surface area (Å²) in [5.74, 6) is 0.852. The van der Waals surface area contributed by atoms with E-state index in [0.29, 0.717) is 25.0 Å². The summed E-state index contributed by atoms with van der Waals surface area (Å²) < 4.78 is 7.30. The molecule has 1 N–H and O–H groups in total. The number of nitrogens with one attached hydrogen (secondary N) is 1.